The smallest absolute Gasteiger partial charge is 0.311 e. The van der Waals surface area contributed by atoms with Gasteiger partial charge in [-0.25, -0.2) is 0 Å². The lowest BCUT2D eigenvalue weighted by atomic mass is 9.76. The lowest BCUT2D eigenvalue weighted by Gasteiger charge is -2.46. The van der Waals surface area contributed by atoms with Gasteiger partial charge in [-0.1, -0.05) is 29.8 Å². The van der Waals surface area contributed by atoms with Crippen LogP contribution in [0.3, 0.4) is 0 Å². The maximum Gasteiger partial charge on any atom is 0.311 e. The summed E-state index contributed by atoms with van der Waals surface area (Å²) in [5, 5.41) is 0.658. The van der Waals surface area contributed by atoms with Gasteiger partial charge in [-0.15, -0.1) is 6.58 Å². The van der Waals surface area contributed by atoms with Crippen LogP contribution < -0.4 is 0 Å². The molecule has 0 saturated carbocycles. The van der Waals surface area contributed by atoms with Crippen LogP contribution in [0.5, 0.6) is 0 Å². The van der Waals surface area contributed by atoms with Crippen LogP contribution in [0.1, 0.15) is 25.0 Å². The normalized spacial score (nSPS) is 20.9. The molecule has 1 aromatic heterocycles. The average Bonchev–Trinajstić information content (AvgIpc) is 3.34. The predicted octanol–water partition coefficient (Wildman–Crippen LogP) is 4.14. The van der Waals surface area contributed by atoms with Crippen molar-refractivity contribution in [2.45, 2.75) is 31.3 Å². The van der Waals surface area contributed by atoms with Crippen molar-refractivity contribution in [1.82, 2.24) is 9.80 Å². The number of piperidine rings is 1. The molecule has 0 aliphatic carbocycles. The zero-order chi connectivity index (χ0) is 22.0. The van der Waals surface area contributed by atoms with E-state index in [0.29, 0.717) is 31.0 Å². The molecule has 2 fully saturated rings. The van der Waals surface area contributed by atoms with E-state index in [1.165, 1.54) is 7.11 Å². The number of nitrogens with zero attached hydrogens (tertiary/aromatic N) is 2. The van der Waals surface area contributed by atoms with E-state index >= 15 is 0 Å². The number of hydrogen-bond donors (Lipinski definition) is 0. The monoisotopic (exact) mass is 442 g/mol. The number of benzene rings is 1. The van der Waals surface area contributed by atoms with E-state index in [1.54, 1.807) is 6.08 Å². The Kier molecular flexibility index (Phi) is 6.21. The summed E-state index contributed by atoms with van der Waals surface area (Å²) < 4.78 is 11.1. The molecule has 31 heavy (non-hydrogen) atoms. The van der Waals surface area contributed by atoms with E-state index in [1.807, 2.05) is 41.3 Å². The van der Waals surface area contributed by atoms with Crippen molar-refractivity contribution in [3.63, 3.8) is 0 Å². The summed E-state index contributed by atoms with van der Waals surface area (Å²) in [6.45, 7) is 6.43. The van der Waals surface area contributed by atoms with Gasteiger partial charge in [-0.2, -0.15) is 0 Å². The van der Waals surface area contributed by atoms with Crippen LogP contribution in [-0.2, 0) is 20.9 Å². The quantitative estimate of drug-likeness (QED) is 0.497. The van der Waals surface area contributed by atoms with Gasteiger partial charge < -0.3 is 14.1 Å². The number of esters is 1. The second kappa shape index (κ2) is 8.89. The van der Waals surface area contributed by atoms with E-state index in [9.17, 15) is 9.59 Å². The highest BCUT2D eigenvalue weighted by molar-refractivity contribution is 6.33. The molecule has 0 N–H and O–H groups in total. The van der Waals surface area contributed by atoms with E-state index < -0.39 is 11.5 Å². The van der Waals surface area contributed by atoms with Crippen LogP contribution in [0.25, 0.3) is 11.3 Å². The van der Waals surface area contributed by atoms with Crippen molar-refractivity contribution in [2.75, 3.05) is 26.7 Å². The standard InChI is InChI=1S/C24H27ClN2O4/c1-3-12-27-22(28)15-19(23(29)30-2)24(27)10-13-26(14-11-24)16-17-8-9-21(31-17)18-6-4-5-7-20(18)25/h3-9,19H,1,10-16H2,2H3. The molecule has 2 aliphatic heterocycles. The number of ether oxygens (including phenoxy) is 1. The Labute approximate surface area is 187 Å². The van der Waals surface area contributed by atoms with Gasteiger partial charge in [0.2, 0.25) is 5.91 Å². The van der Waals surface area contributed by atoms with Gasteiger partial charge in [0.1, 0.15) is 11.5 Å². The minimum Gasteiger partial charge on any atom is -0.469 e. The first kappa shape index (κ1) is 21.7. The molecule has 2 aliphatic rings. The number of methoxy groups -OCH3 is 1. The lowest BCUT2D eigenvalue weighted by Crippen LogP contribution is -2.57. The molecule has 1 aromatic carbocycles. The highest BCUT2D eigenvalue weighted by atomic mass is 35.5. The molecule has 1 atom stereocenters. The number of halogens is 1. The van der Waals surface area contributed by atoms with Gasteiger partial charge >= 0.3 is 5.97 Å². The van der Waals surface area contributed by atoms with E-state index in [4.69, 9.17) is 20.8 Å². The van der Waals surface area contributed by atoms with Gasteiger partial charge in [-0.3, -0.25) is 14.5 Å². The summed E-state index contributed by atoms with van der Waals surface area (Å²) in [6.07, 6.45) is 3.36. The van der Waals surface area contributed by atoms with Gasteiger partial charge in [0.15, 0.2) is 0 Å². The Hall–Kier alpha value is -2.57. The molecule has 1 amide bonds. The van der Waals surface area contributed by atoms with Gasteiger partial charge in [0.05, 0.1) is 30.1 Å². The number of rotatable bonds is 6. The molecule has 0 radical (unpaired) electrons. The second-order valence-electron chi connectivity index (χ2n) is 8.20. The number of hydrogen-bond acceptors (Lipinski definition) is 5. The molecule has 2 aromatic rings. The minimum absolute atomic E-state index is 0.000772. The summed E-state index contributed by atoms with van der Waals surface area (Å²) in [7, 11) is 1.39. The molecule has 1 unspecified atom stereocenters. The zero-order valence-electron chi connectivity index (χ0n) is 17.7. The molecule has 164 valence electrons. The molecular weight excluding hydrogens is 416 g/mol. The Balaban J connectivity index is 1.46. The summed E-state index contributed by atoms with van der Waals surface area (Å²) in [5.74, 6) is 0.879. The van der Waals surface area contributed by atoms with Crippen LogP contribution in [0.15, 0.2) is 53.5 Å². The molecule has 2 saturated heterocycles. The number of likely N-dealkylation sites (tertiary alicyclic amines) is 2. The third kappa shape index (κ3) is 4.02. The Bertz CT molecular complexity index is 977. The van der Waals surface area contributed by atoms with Crippen LogP contribution in [-0.4, -0.2) is 54.0 Å². The maximum absolute atomic E-state index is 12.6. The first-order valence-electron chi connectivity index (χ1n) is 10.5. The molecule has 7 heteroatoms. The SMILES string of the molecule is C=CCN1C(=O)CC(C(=O)OC)C12CCN(Cc1ccc(-c3ccccc3Cl)o1)CC2. The molecule has 6 nitrogen and oxygen atoms in total. The minimum atomic E-state index is -0.499. The van der Waals surface area contributed by atoms with Crippen molar-refractivity contribution >= 4 is 23.5 Å². The van der Waals surface area contributed by atoms with Crippen molar-refractivity contribution in [3.8, 4) is 11.3 Å². The van der Waals surface area contributed by atoms with Crippen molar-refractivity contribution < 1.29 is 18.7 Å². The van der Waals surface area contributed by atoms with Gasteiger partial charge in [0, 0.05) is 31.6 Å². The first-order chi connectivity index (χ1) is 15.0. The molecule has 4 rings (SSSR count). The molecule has 0 bridgehead atoms. The number of amides is 1. The summed E-state index contributed by atoms with van der Waals surface area (Å²) in [5.41, 5.74) is 0.374. The van der Waals surface area contributed by atoms with Crippen molar-refractivity contribution in [2.24, 2.45) is 5.92 Å². The third-order valence-corrected chi connectivity index (χ3v) is 6.90. The highest BCUT2D eigenvalue weighted by Gasteiger charge is 2.56. The number of carbonyl (C=O) groups excluding carboxylic acids is 2. The predicted molar refractivity (Wildman–Crippen MR) is 118 cm³/mol. The van der Waals surface area contributed by atoms with Gasteiger partial charge in [0.25, 0.3) is 0 Å². The maximum atomic E-state index is 12.6. The molecular formula is C24H27ClN2O4. The van der Waals surface area contributed by atoms with Crippen LogP contribution in [0, 0.1) is 5.92 Å². The largest absolute Gasteiger partial charge is 0.469 e. The van der Waals surface area contributed by atoms with Crippen LogP contribution >= 0.6 is 11.6 Å². The summed E-state index contributed by atoms with van der Waals surface area (Å²) >= 11 is 6.28. The fraction of sp³-hybridized carbons (Fsp3) is 0.417. The number of furan rings is 1. The highest BCUT2D eigenvalue weighted by Crippen LogP contribution is 2.44. The van der Waals surface area contributed by atoms with Crippen molar-refractivity contribution in [1.29, 1.82) is 0 Å². The van der Waals surface area contributed by atoms with E-state index in [0.717, 1.165) is 30.2 Å². The molecule has 1 spiro atoms. The Morgan fingerprint density at radius 2 is 2.03 bits per heavy atom. The summed E-state index contributed by atoms with van der Waals surface area (Å²) in [6, 6.07) is 11.5. The Morgan fingerprint density at radius 1 is 1.29 bits per heavy atom. The van der Waals surface area contributed by atoms with Crippen molar-refractivity contribution in [3.05, 3.63) is 59.8 Å². The Morgan fingerprint density at radius 3 is 2.71 bits per heavy atom. The lowest BCUT2D eigenvalue weighted by molar-refractivity contribution is -0.150. The fourth-order valence-electron chi connectivity index (χ4n) is 4.97. The summed E-state index contributed by atoms with van der Waals surface area (Å²) in [4.78, 5) is 29.2. The second-order valence-corrected chi connectivity index (χ2v) is 8.61. The van der Waals surface area contributed by atoms with Crippen LogP contribution in [0.4, 0.5) is 0 Å². The zero-order valence-corrected chi connectivity index (χ0v) is 18.4. The first-order valence-corrected chi connectivity index (χ1v) is 10.9. The van der Waals surface area contributed by atoms with E-state index in [-0.39, 0.29) is 18.3 Å². The van der Waals surface area contributed by atoms with Crippen LogP contribution in [0.2, 0.25) is 5.02 Å². The topological polar surface area (TPSA) is 63.0 Å². The fourth-order valence-corrected chi connectivity index (χ4v) is 5.20. The van der Waals surface area contributed by atoms with Gasteiger partial charge in [-0.05, 0) is 37.1 Å². The average molecular weight is 443 g/mol. The molecule has 3 heterocycles. The number of carbonyl (C=O) groups is 2. The van der Waals surface area contributed by atoms with E-state index in [2.05, 4.69) is 11.5 Å². The third-order valence-electron chi connectivity index (χ3n) is 6.57.